The van der Waals surface area contributed by atoms with Crippen molar-refractivity contribution in [1.82, 2.24) is 10.6 Å². The molecule has 1 amide bonds. The standard InChI is InChI=1S/C23H22F6N2O3/c1-13(14-7-16(22(24,25)26)9-17(8-14)23(27,28)29)33-12-21(15-5-3-2-4-6-15)10-19-18(11-30-21)31-20(32)34-19/h2-9,13,18-19,30H,10-12H2,1H3,(H,31,32)/t13-,18?,19-,21-/m1/s1. The van der Waals surface area contributed by atoms with Gasteiger partial charge in [-0.2, -0.15) is 26.3 Å². The molecule has 2 aromatic rings. The van der Waals surface area contributed by atoms with E-state index >= 15 is 0 Å². The predicted octanol–water partition coefficient (Wildman–Crippen LogP) is 5.17. The van der Waals surface area contributed by atoms with Gasteiger partial charge in [-0.25, -0.2) is 4.79 Å². The summed E-state index contributed by atoms with van der Waals surface area (Å²) in [5.41, 5.74) is -3.10. The zero-order chi connectivity index (χ0) is 24.7. The molecule has 1 unspecified atom stereocenters. The van der Waals surface area contributed by atoms with Gasteiger partial charge in [-0.15, -0.1) is 0 Å². The summed E-state index contributed by atoms with van der Waals surface area (Å²) in [6.45, 7) is 1.68. The van der Waals surface area contributed by atoms with Crippen LogP contribution >= 0.6 is 0 Å². The molecular weight excluding hydrogens is 466 g/mol. The molecular formula is C23H22F6N2O3. The van der Waals surface area contributed by atoms with Gasteiger partial charge in [-0.1, -0.05) is 30.3 Å². The molecule has 2 N–H and O–H groups in total. The van der Waals surface area contributed by atoms with Gasteiger partial charge in [0.2, 0.25) is 0 Å². The molecule has 34 heavy (non-hydrogen) atoms. The summed E-state index contributed by atoms with van der Waals surface area (Å²) in [5, 5.41) is 6.04. The Morgan fingerprint density at radius 3 is 2.26 bits per heavy atom. The Morgan fingerprint density at radius 2 is 1.68 bits per heavy atom. The average Bonchev–Trinajstić information content (AvgIpc) is 3.15. The molecule has 0 aromatic heterocycles. The zero-order valence-corrected chi connectivity index (χ0v) is 18.0. The molecule has 0 aliphatic carbocycles. The van der Waals surface area contributed by atoms with E-state index in [1.165, 1.54) is 6.92 Å². The summed E-state index contributed by atoms with van der Waals surface area (Å²) in [7, 11) is 0. The number of alkyl carbamates (subject to hydrolysis) is 1. The van der Waals surface area contributed by atoms with E-state index in [0.717, 1.165) is 5.56 Å². The van der Waals surface area contributed by atoms with E-state index in [1.54, 1.807) is 12.1 Å². The molecule has 2 saturated heterocycles. The number of hydrogen-bond acceptors (Lipinski definition) is 4. The molecule has 2 heterocycles. The Balaban J connectivity index is 1.61. The van der Waals surface area contributed by atoms with Gasteiger partial charge < -0.3 is 20.1 Å². The highest BCUT2D eigenvalue weighted by Gasteiger charge is 2.47. The maximum atomic E-state index is 13.2. The number of amides is 1. The maximum Gasteiger partial charge on any atom is 0.416 e. The van der Waals surface area contributed by atoms with Crippen molar-refractivity contribution in [2.24, 2.45) is 0 Å². The van der Waals surface area contributed by atoms with Crippen molar-refractivity contribution >= 4 is 6.09 Å². The van der Waals surface area contributed by atoms with Crippen LogP contribution in [0.5, 0.6) is 0 Å². The van der Waals surface area contributed by atoms with E-state index < -0.39 is 47.3 Å². The highest BCUT2D eigenvalue weighted by Crippen LogP contribution is 2.39. The molecule has 2 aliphatic heterocycles. The third-order valence-electron chi connectivity index (χ3n) is 6.21. The number of carbonyl (C=O) groups is 1. The second-order valence-electron chi connectivity index (χ2n) is 8.52. The van der Waals surface area contributed by atoms with Crippen molar-refractivity contribution in [3.05, 3.63) is 70.8 Å². The largest absolute Gasteiger partial charge is 0.444 e. The van der Waals surface area contributed by atoms with E-state index in [2.05, 4.69) is 10.6 Å². The van der Waals surface area contributed by atoms with E-state index in [4.69, 9.17) is 9.47 Å². The van der Waals surface area contributed by atoms with Gasteiger partial charge in [0.1, 0.15) is 6.10 Å². The first-order valence-corrected chi connectivity index (χ1v) is 10.6. The second-order valence-corrected chi connectivity index (χ2v) is 8.52. The molecule has 0 bridgehead atoms. The smallest absolute Gasteiger partial charge is 0.416 e. The van der Waals surface area contributed by atoms with E-state index in [0.29, 0.717) is 25.1 Å². The Labute approximate surface area is 191 Å². The third kappa shape index (κ3) is 5.00. The highest BCUT2D eigenvalue weighted by molar-refractivity contribution is 5.70. The molecule has 184 valence electrons. The summed E-state index contributed by atoms with van der Waals surface area (Å²) < 4.78 is 90.7. The lowest BCUT2D eigenvalue weighted by molar-refractivity contribution is -0.143. The molecule has 0 radical (unpaired) electrons. The molecule has 4 atom stereocenters. The minimum absolute atomic E-state index is 0.0729. The number of ether oxygens (including phenoxy) is 2. The van der Waals surface area contributed by atoms with Crippen LogP contribution in [0, 0.1) is 0 Å². The van der Waals surface area contributed by atoms with Gasteiger partial charge in [0.15, 0.2) is 0 Å². The second kappa shape index (κ2) is 8.77. The normalized spacial score (nSPS) is 25.9. The topological polar surface area (TPSA) is 59.6 Å². The van der Waals surface area contributed by atoms with Crippen molar-refractivity contribution in [2.75, 3.05) is 13.2 Å². The van der Waals surface area contributed by atoms with Crippen LogP contribution in [0.1, 0.15) is 41.7 Å². The number of benzene rings is 2. The van der Waals surface area contributed by atoms with Crippen LogP contribution in [0.15, 0.2) is 48.5 Å². The SMILES string of the molecule is C[C@@H](OC[C@@]1(c2ccccc2)C[C@H]2OC(=O)NC2CN1)c1cc(C(F)(F)F)cc(C(F)(F)F)c1. The van der Waals surface area contributed by atoms with E-state index in [-0.39, 0.29) is 24.3 Å². The lowest BCUT2D eigenvalue weighted by Crippen LogP contribution is -2.59. The number of hydrogen-bond donors (Lipinski definition) is 2. The monoisotopic (exact) mass is 488 g/mol. The lowest BCUT2D eigenvalue weighted by atomic mass is 9.80. The molecule has 4 rings (SSSR count). The molecule has 11 heteroatoms. The maximum absolute atomic E-state index is 13.2. The number of alkyl halides is 6. The first-order chi connectivity index (χ1) is 15.9. The van der Waals surface area contributed by atoms with Crippen LogP contribution in [0.25, 0.3) is 0 Å². The van der Waals surface area contributed by atoms with Gasteiger partial charge in [0.25, 0.3) is 0 Å². The minimum atomic E-state index is -4.94. The van der Waals surface area contributed by atoms with Crippen molar-refractivity contribution in [2.45, 2.75) is 49.5 Å². The first kappa shape index (κ1) is 24.3. The number of piperidine rings is 1. The fourth-order valence-corrected chi connectivity index (χ4v) is 4.33. The van der Waals surface area contributed by atoms with Crippen molar-refractivity contribution in [3.63, 3.8) is 0 Å². The zero-order valence-electron chi connectivity index (χ0n) is 18.0. The number of carbonyl (C=O) groups excluding carboxylic acids is 1. The van der Waals surface area contributed by atoms with Crippen LogP contribution in [-0.4, -0.2) is 31.4 Å². The number of halogens is 6. The molecule has 2 aliphatic rings. The number of nitrogens with one attached hydrogen (secondary N) is 2. The molecule has 5 nitrogen and oxygen atoms in total. The quantitative estimate of drug-likeness (QED) is 0.571. The van der Waals surface area contributed by atoms with Crippen LogP contribution in [0.3, 0.4) is 0 Å². The van der Waals surface area contributed by atoms with Crippen molar-refractivity contribution in [1.29, 1.82) is 0 Å². The van der Waals surface area contributed by atoms with Crippen molar-refractivity contribution < 1.29 is 40.6 Å². The Kier molecular flexibility index (Phi) is 6.28. The average molecular weight is 488 g/mol. The van der Waals surface area contributed by atoms with Crippen molar-refractivity contribution in [3.8, 4) is 0 Å². The van der Waals surface area contributed by atoms with Gasteiger partial charge in [-0.3, -0.25) is 0 Å². The van der Waals surface area contributed by atoms with Crippen LogP contribution < -0.4 is 10.6 Å². The Morgan fingerprint density at radius 1 is 1.06 bits per heavy atom. The van der Waals surface area contributed by atoms with E-state index in [1.807, 2.05) is 18.2 Å². The fraction of sp³-hybridized carbons (Fsp3) is 0.435. The fourth-order valence-electron chi connectivity index (χ4n) is 4.33. The van der Waals surface area contributed by atoms with Crippen LogP contribution in [-0.2, 0) is 27.4 Å². The molecule has 2 aromatic carbocycles. The van der Waals surface area contributed by atoms with E-state index in [9.17, 15) is 31.1 Å². The summed E-state index contributed by atoms with van der Waals surface area (Å²) in [6.07, 6.45) is -11.7. The highest BCUT2D eigenvalue weighted by atomic mass is 19.4. The van der Waals surface area contributed by atoms with Gasteiger partial charge in [0.05, 0.1) is 35.4 Å². The van der Waals surface area contributed by atoms with Crippen LogP contribution in [0.2, 0.25) is 0 Å². The van der Waals surface area contributed by atoms with Gasteiger partial charge in [0, 0.05) is 13.0 Å². The summed E-state index contributed by atoms with van der Waals surface area (Å²) in [6, 6.07) is 10.3. The summed E-state index contributed by atoms with van der Waals surface area (Å²) in [4.78, 5) is 11.7. The Bertz CT molecular complexity index is 1010. The predicted molar refractivity (Wildman–Crippen MR) is 109 cm³/mol. The number of rotatable bonds is 5. The molecule has 0 saturated carbocycles. The van der Waals surface area contributed by atoms with Gasteiger partial charge >= 0.3 is 18.4 Å². The van der Waals surface area contributed by atoms with Gasteiger partial charge in [-0.05, 0) is 36.2 Å². The summed E-state index contributed by atoms with van der Waals surface area (Å²) in [5.74, 6) is 0. The molecule has 0 spiro atoms. The number of fused-ring (bicyclic) bond motifs is 1. The molecule has 2 fully saturated rings. The first-order valence-electron chi connectivity index (χ1n) is 10.6. The minimum Gasteiger partial charge on any atom is -0.444 e. The lowest BCUT2D eigenvalue weighted by Gasteiger charge is -2.42. The summed E-state index contributed by atoms with van der Waals surface area (Å²) >= 11 is 0. The third-order valence-corrected chi connectivity index (χ3v) is 6.21. The Hall–Kier alpha value is -2.79. The van der Waals surface area contributed by atoms with Crippen LogP contribution in [0.4, 0.5) is 31.1 Å².